The minimum Gasteiger partial charge on any atom is -0.508 e. The highest BCUT2D eigenvalue weighted by molar-refractivity contribution is 6.15. The molecule has 0 fully saturated rings. The molecular weight excluding hydrogens is 338 g/mol. The van der Waals surface area contributed by atoms with Crippen molar-refractivity contribution >= 4 is 16.7 Å². The van der Waals surface area contributed by atoms with Crippen LogP contribution >= 0.6 is 0 Å². The number of carbonyl (C=O) groups excluding carboxylic acids is 1. The number of rotatable bonds is 2. The van der Waals surface area contributed by atoms with Gasteiger partial charge in [0, 0.05) is 23.1 Å². The molecule has 0 aliphatic heterocycles. The van der Waals surface area contributed by atoms with Crippen LogP contribution in [-0.4, -0.2) is 22.6 Å². The number of ketones is 1. The highest BCUT2D eigenvalue weighted by Gasteiger charge is 2.30. The van der Waals surface area contributed by atoms with Gasteiger partial charge in [-0.25, -0.2) is 0 Å². The molecule has 1 heterocycles. The van der Waals surface area contributed by atoms with E-state index in [0.29, 0.717) is 12.1 Å². The second-order valence-corrected chi connectivity index (χ2v) is 6.73. The summed E-state index contributed by atoms with van der Waals surface area (Å²) in [5.74, 6) is 0.972. The maximum atomic E-state index is 13.4. The van der Waals surface area contributed by atoms with E-state index in [0.717, 1.165) is 39.0 Å². The third-order valence-corrected chi connectivity index (χ3v) is 5.23. The molecule has 3 aromatic carbocycles. The Morgan fingerprint density at radius 2 is 1.78 bits per heavy atom. The molecule has 0 unspecified atom stereocenters. The zero-order valence-electron chi connectivity index (χ0n) is 14.8. The summed E-state index contributed by atoms with van der Waals surface area (Å²) < 4.78 is 7.25. The Balaban J connectivity index is 1.84. The Morgan fingerprint density at radius 1 is 1.00 bits per heavy atom. The van der Waals surface area contributed by atoms with Crippen LogP contribution in [0.4, 0.5) is 0 Å². The number of phenolic OH excluding ortho intramolecular Hbond substituents is 1. The van der Waals surface area contributed by atoms with Crippen molar-refractivity contribution in [3.63, 3.8) is 0 Å². The number of aromatic hydroxyl groups is 1. The third-order valence-electron chi connectivity index (χ3n) is 5.23. The summed E-state index contributed by atoms with van der Waals surface area (Å²) in [6.07, 6.45) is 0.667. The minimum absolute atomic E-state index is 0.0124. The monoisotopic (exact) mass is 355 g/mol. The van der Waals surface area contributed by atoms with Crippen molar-refractivity contribution in [2.45, 2.75) is 6.42 Å². The lowest BCUT2D eigenvalue weighted by atomic mass is 9.88. The van der Waals surface area contributed by atoms with E-state index in [1.165, 1.54) is 0 Å². The molecule has 0 atom stereocenters. The van der Waals surface area contributed by atoms with Crippen molar-refractivity contribution in [1.82, 2.24) is 4.57 Å². The topological polar surface area (TPSA) is 51.5 Å². The summed E-state index contributed by atoms with van der Waals surface area (Å²) >= 11 is 0. The highest BCUT2D eigenvalue weighted by atomic mass is 16.5. The predicted octanol–water partition coefficient (Wildman–Crippen LogP) is 4.48. The largest absolute Gasteiger partial charge is 0.508 e. The molecule has 0 bridgehead atoms. The second kappa shape index (κ2) is 5.74. The minimum atomic E-state index is 0.0124. The molecule has 4 nitrogen and oxygen atoms in total. The normalized spacial score (nSPS) is 12.7. The van der Waals surface area contributed by atoms with Crippen molar-refractivity contribution in [3.8, 4) is 17.2 Å². The quantitative estimate of drug-likeness (QED) is 0.508. The number of hydrogen-bond donors (Lipinski definition) is 1. The maximum absolute atomic E-state index is 13.4. The van der Waals surface area contributed by atoms with Gasteiger partial charge in [-0.2, -0.15) is 0 Å². The number of ether oxygens (including phenoxy) is 1. The van der Waals surface area contributed by atoms with Crippen molar-refractivity contribution in [1.29, 1.82) is 0 Å². The van der Waals surface area contributed by atoms with Gasteiger partial charge in [0.15, 0.2) is 0 Å². The summed E-state index contributed by atoms with van der Waals surface area (Å²) in [5.41, 5.74) is 5.18. The molecule has 0 spiro atoms. The molecule has 27 heavy (non-hydrogen) atoms. The first kappa shape index (κ1) is 15.7. The van der Waals surface area contributed by atoms with Gasteiger partial charge in [-0.1, -0.05) is 24.3 Å². The van der Waals surface area contributed by atoms with E-state index < -0.39 is 0 Å². The average Bonchev–Trinajstić information content (AvgIpc) is 3.02. The highest BCUT2D eigenvalue weighted by Crippen LogP contribution is 2.38. The lowest BCUT2D eigenvalue weighted by Crippen LogP contribution is -2.17. The number of carbonyl (C=O) groups is 1. The Morgan fingerprint density at radius 3 is 2.56 bits per heavy atom. The van der Waals surface area contributed by atoms with Crippen molar-refractivity contribution in [3.05, 3.63) is 89.1 Å². The van der Waals surface area contributed by atoms with Crippen molar-refractivity contribution < 1.29 is 14.6 Å². The van der Waals surface area contributed by atoms with Gasteiger partial charge in [-0.15, -0.1) is 0 Å². The SMILES string of the molecule is COc1ccc(-n2c3c(c4cc(O)ccc42)Cc2ccccc2C3=O)cc1. The number of phenols is 1. The molecule has 0 amide bonds. The molecule has 1 aliphatic rings. The van der Waals surface area contributed by atoms with Gasteiger partial charge >= 0.3 is 0 Å². The molecule has 5 rings (SSSR count). The lowest BCUT2D eigenvalue weighted by molar-refractivity contribution is 0.102. The van der Waals surface area contributed by atoms with Gasteiger partial charge in [0.2, 0.25) is 5.78 Å². The molecule has 1 aliphatic carbocycles. The molecule has 4 heteroatoms. The van der Waals surface area contributed by atoms with Crippen molar-refractivity contribution in [2.75, 3.05) is 7.11 Å². The van der Waals surface area contributed by atoms with Crippen LogP contribution in [0.1, 0.15) is 27.2 Å². The Labute approximate surface area is 156 Å². The van der Waals surface area contributed by atoms with Crippen LogP contribution in [0.5, 0.6) is 11.5 Å². The van der Waals surface area contributed by atoms with Gasteiger partial charge in [-0.3, -0.25) is 4.79 Å². The van der Waals surface area contributed by atoms with E-state index >= 15 is 0 Å². The van der Waals surface area contributed by atoms with Gasteiger partial charge in [0.1, 0.15) is 11.5 Å². The molecule has 0 radical (unpaired) electrons. The van der Waals surface area contributed by atoms with Gasteiger partial charge < -0.3 is 14.4 Å². The third kappa shape index (κ3) is 2.27. The van der Waals surface area contributed by atoms with E-state index in [1.54, 1.807) is 19.2 Å². The number of fused-ring (bicyclic) bond motifs is 4. The zero-order chi connectivity index (χ0) is 18.5. The fraction of sp³-hybridized carbons (Fsp3) is 0.0870. The van der Waals surface area contributed by atoms with E-state index in [9.17, 15) is 9.90 Å². The van der Waals surface area contributed by atoms with Gasteiger partial charge in [-0.05, 0) is 53.6 Å². The number of benzene rings is 3. The zero-order valence-corrected chi connectivity index (χ0v) is 14.8. The molecular formula is C23H17NO3. The molecule has 4 aromatic rings. The Hall–Kier alpha value is -3.53. The Bertz CT molecular complexity index is 1200. The summed E-state index contributed by atoms with van der Waals surface area (Å²) in [6.45, 7) is 0. The van der Waals surface area contributed by atoms with Crippen LogP contribution in [0.3, 0.4) is 0 Å². The molecule has 0 saturated carbocycles. The fourth-order valence-electron chi connectivity index (χ4n) is 3.97. The first-order chi connectivity index (χ1) is 13.2. The summed E-state index contributed by atoms with van der Waals surface area (Å²) in [4.78, 5) is 13.4. The summed E-state index contributed by atoms with van der Waals surface area (Å²) in [6, 6.07) is 20.7. The van der Waals surface area contributed by atoms with Crippen LogP contribution in [-0.2, 0) is 6.42 Å². The van der Waals surface area contributed by atoms with Crippen LogP contribution in [0, 0.1) is 0 Å². The molecule has 1 N–H and O–H groups in total. The number of methoxy groups -OCH3 is 1. The average molecular weight is 355 g/mol. The lowest BCUT2D eigenvalue weighted by Gasteiger charge is -2.18. The van der Waals surface area contributed by atoms with E-state index in [-0.39, 0.29) is 11.5 Å². The summed E-state index contributed by atoms with van der Waals surface area (Å²) in [7, 11) is 1.63. The number of hydrogen-bond acceptors (Lipinski definition) is 3. The maximum Gasteiger partial charge on any atom is 0.210 e. The number of nitrogens with zero attached hydrogens (tertiary/aromatic N) is 1. The second-order valence-electron chi connectivity index (χ2n) is 6.73. The smallest absolute Gasteiger partial charge is 0.210 e. The van der Waals surface area contributed by atoms with E-state index in [2.05, 4.69) is 0 Å². The van der Waals surface area contributed by atoms with Crippen LogP contribution in [0.15, 0.2) is 66.7 Å². The molecule has 1 aromatic heterocycles. The summed E-state index contributed by atoms with van der Waals surface area (Å²) in [5, 5.41) is 10.9. The first-order valence-corrected chi connectivity index (χ1v) is 8.80. The predicted molar refractivity (Wildman–Crippen MR) is 104 cm³/mol. The van der Waals surface area contributed by atoms with E-state index in [1.807, 2.05) is 59.2 Å². The first-order valence-electron chi connectivity index (χ1n) is 8.80. The van der Waals surface area contributed by atoms with Crippen LogP contribution < -0.4 is 4.74 Å². The Kier molecular flexibility index (Phi) is 3.34. The van der Waals surface area contributed by atoms with Crippen LogP contribution in [0.2, 0.25) is 0 Å². The van der Waals surface area contributed by atoms with Crippen molar-refractivity contribution in [2.24, 2.45) is 0 Å². The van der Waals surface area contributed by atoms with Gasteiger partial charge in [0.05, 0.1) is 18.3 Å². The van der Waals surface area contributed by atoms with Gasteiger partial charge in [0.25, 0.3) is 0 Å². The molecule has 0 saturated heterocycles. The fourth-order valence-corrected chi connectivity index (χ4v) is 3.97. The molecule has 132 valence electrons. The van der Waals surface area contributed by atoms with Crippen LogP contribution in [0.25, 0.3) is 16.6 Å². The number of aromatic nitrogens is 1. The van der Waals surface area contributed by atoms with E-state index in [4.69, 9.17) is 4.74 Å². The standard InChI is InChI=1S/C23H17NO3/c1-27-17-9-6-15(7-10-17)24-21-11-8-16(25)13-19(21)20-12-14-4-2-3-5-18(14)23(26)22(20)24/h2-11,13,25H,12H2,1H3.